The molecule has 2 aliphatic rings. The van der Waals surface area contributed by atoms with Crippen molar-refractivity contribution in [2.45, 2.75) is 46.7 Å². The van der Waals surface area contributed by atoms with E-state index >= 15 is 0 Å². The molecule has 0 aliphatic carbocycles. The Morgan fingerprint density at radius 3 is 2.71 bits per heavy atom. The van der Waals surface area contributed by atoms with Gasteiger partial charge in [-0.2, -0.15) is 0 Å². The zero-order valence-corrected chi connectivity index (χ0v) is 15.1. The van der Waals surface area contributed by atoms with Crippen molar-refractivity contribution in [1.82, 2.24) is 14.5 Å². The normalized spacial score (nSPS) is 17.5. The third-order valence-electron chi connectivity index (χ3n) is 4.66. The molecule has 0 N–H and O–H groups in total. The molecule has 1 aromatic carbocycles. The molecule has 3 heterocycles. The van der Waals surface area contributed by atoms with Crippen LogP contribution in [0.5, 0.6) is 11.5 Å². The molecule has 2 aromatic rings. The van der Waals surface area contributed by atoms with E-state index in [2.05, 4.69) is 46.6 Å². The minimum absolute atomic E-state index is 0.331. The van der Waals surface area contributed by atoms with Crippen molar-refractivity contribution < 1.29 is 9.47 Å². The Morgan fingerprint density at radius 1 is 1.08 bits per heavy atom. The number of ether oxygens (including phenoxy) is 2. The summed E-state index contributed by atoms with van der Waals surface area (Å²) in [5, 5.41) is 0. The van der Waals surface area contributed by atoms with E-state index in [-0.39, 0.29) is 0 Å². The molecule has 5 heteroatoms. The third-order valence-corrected chi connectivity index (χ3v) is 4.66. The first-order valence-electron chi connectivity index (χ1n) is 8.87. The Hall–Kier alpha value is -2.01. The van der Waals surface area contributed by atoms with Crippen LogP contribution in [0.25, 0.3) is 0 Å². The number of aryl methyl sites for hydroxylation is 1. The molecule has 4 rings (SSSR count). The Balaban J connectivity index is 0.000000815. The van der Waals surface area contributed by atoms with Crippen LogP contribution in [0.1, 0.15) is 43.9 Å². The van der Waals surface area contributed by atoms with Gasteiger partial charge in [-0.3, -0.25) is 4.90 Å². The van der Waals surface area contributed by atoms with Crippen LogP contribution in [0.15, 0.2) is 24.4 Å². The molecular weight excluding hydrogens is 302 g/mol. The molecule has 5 nitrogen and oxygen atoms in total. The molecule has 0 saturated heterocycles. The molecular formula is C19H27N3O2. The van der Waals surface area contributed by atoms with Crippen LogP contribution >= 0.6 is 0 Å². The van der Waals surface area contributed by atoms with Gasteiger partial charge in [-0.1, -0.05) is 19.9 Å². The van der Waals surface area contributed by atoms with E-state index in [1.807, 2.05) is 19.9 Å². The lowest BCUT2D eigenvalue weighted by molar-refractivity contribution is 0.173. The summed E-state index contributed by atoms with van der Waals surface area (Å²) in [5.41, 5.74) is 2.40. The van der Waals surface area contributed by atoms with Crippen molar-refractivity contribution >= 4 is 0 Å². The zero-order chi connectivity index (χ0) is 17.1. The van der Waals surface area contributed by atoms with Gasteiger partial charge in [0.1, 0.15) is 5.82 Å². The predicted octanol–water partition coefficient (Wildman–Crippen LogP) is 3.57. The highest BCUT2D eigenvalue weighted by atomic mass is 16.7. The molecule has 0 fully saturated rings. The summed E-state index contributed by atoms with van der Waals surface area (Å²) in [6, 6.07) is 6.63. The predicted molar refractivity (Wildman–Crippen MR) is 94.6 cm³/mol. The summed E-state index contributed by atoms with van der Waals surface area (Å²) >= 11 is 0. The summed E-state index contributed by atoms with van der Waals surface area (Å²) in [5.74, 6) is 2.92. The van der Waals surface area contributed by atoms with E-state index in [4.69, 9.17) is 9.47 Å². The Kier molecular flexibility index (Phi) is 5.09. The summed E-state index contributed by atoms with van der Waals surface area (Å²) in [4.78, 5) is 7.14. The summed E-state index contributed by atoms with van der Waals surface area (Å²) in [6.45, 7) is 11.7. The van der Waals surface area contributed by atoms with Crippen molar-refractivity contribution in [3.8, 4) is 11.5 Å². The van der Waals surface area contributed by atoms with Gasteiger partial charge < -0.3 is 14.0 Å². The van der Waals surface area contributed by atoms with Gasteiger partial charge in [-0.25, -0.2) is 4.98 Å². The van der Waals surface area contributed by atoms with Crippen LogP contribution in [-0.2, 0) is 13.0 Å². The maximum atomic E-state index is 5.50. The number of hydrogen-bond acceptors (Lipinski definition) is 4. The van der Waals surface area contributed by atoms with Crippen LogP contribution < -0.4 is 9.47 Å². The van der Waals surface area contributed by atoms with Gasteiger partial charge >= 0.3 is 0 Å². The molecule has 0 spiro atoms. The molecule has 1 aromatic heterocycles. The quantitative estimate of drug-likeness (QED) is 0.844. The van der Waals surface area contributed by atoms with E-state index in [0.717, 1.165) is 43.2 Å². The third kappa shape index (κ3) is 3.26. The summed E-state index contributed by atoms with van der Waals surface area (Å²) in [7, 11) is 0. The molecule has 1 unspecified atom stereocenters. The van der Waals surface area contributed by atoms with Crippen LogP contribution in [0.2, 0.25) is 0 Å². The molecule has 24 heavy (non-hydrogen) atoms. The van der Waals surface area contributed by atoms with E-state index < -0.39 is 0 Å². The molecule has 2 aliphatic heterocycles. The number of rotatable bonds is 2. The van der Waals surface area contributed by atoms with Crippen molar-refractivity contribution in [1.29, 1.82) is 0 Å². The fourth-order valence-electron chi connectivity index (χ4n) is 3.35. The second-order valence-electron chi connectivity index (χ2n) is 6.07. The lowest BCUT2D eigenvalue weighted by Crippen LogP contribution is -2.30. The highest BCUT2D eigenvalue weighted by Crippen LogP contribution is 2.35. The average molecular weight is 329 g/mol. The molecule has 0 amide bonds. The standard InChI is InChI=1S/C17H21N3O2.C2H6/c1-12-10-20-8-7-19(6-5-17(20)18-12)13(2)14-3-4-15-16(9-14)22-11-21-15;1-2/h3-4,9-10,13H,5-8,11H2,1-2H3;1-2H3. The summed E-state index contributed by atoms with van der Waals surface area (Å²) < 4.78 is 13.2. The molecule has 1 atom stereocenters. The van der Waals surface area contributed by atoms with Crippen LogP contribution in [0.4, 0.5) is 0 Å². The van der Waals surface area contributed by atoms with Crippen LogP contribution in [-0.4, -0.2) is 34.3 Å². The number of imidazole rings is 1. The van der Waals surface area contributed by atoms with Gasteiger partial charge in [-0.15, -0.1) is 0 Å². The fourth-order valence-corrected chi connectivity index (χ4v) is 3.35. The number of aromatic nitrogens is 2. The van der Waals surface area contributed by atoms with Gasteiger partial charge in [0.15, 0.2) is 11.5 Å². The highest BCUT2D eigenvalue weighted by molar-refractivity contribution is 5.45. The molecule has 0 radical (unpaired) electrons. The zero-order valence-electron chi connectivity index (χ0n) is 15.1. The highest BCUT2D eigenvalue weighted by Gasteiger charge is 2.22. The minimum Gasteiger partial charge on any atom is -0.454 e. The second-order valence-corrected chi connectivity index (χ2v) is 6.07. The van der Waals surface area contributed by atoms with Crippen LogP contribution in [0.3, 0.4) is 0 Å². The number of hydrogen-bond donors (Lipinski definition) is 0. The SMILES string of the molecule is CC.Cc1cn2c(n1)CCN(C(C)c1ccc3c(c1)OCO3)CC2. The van der Waals surface area contributed by atoms with Gasteiger partial charge in [-0.05, 0) is 31.5 Å². The Morgan fingerprint density at radius 2 is 1.88 bits per heavy atom. The smallest absolute Gasteiger partial charge is 0.231 e. The van der Waals surface area contributed by atoms with Gasteiger partial charge in [0.25, 0.3) is 0 Å². The number of fused-ring (bicyclic) bond motifs is 2. The van der Waals surface area contributed by atoms with E-state index in [1.54, 1.807) is 0 Å². The van der Waals surface area contributed by atoms with Gasteiger partial charge in [0.2, 0.25) is 6.79 Å². The first kappa shape index (κ1) is 16.8. The van der Waals surface area contributed by atoms with Crippen molar-refractivity contribution in [3.63, 3.8) is 0 Å². The van der Waals surface area contributed by atoms with E-state index in [1.165, 1.54) is 11.4 Å². The minimum atomic E-state index is 0.331. The van der Waals surface area contributed by atoms with E-state index in [0.29, 0.717) is 12.8 Å². The second kappa shape index (κ2) is 7.26. The number of nitrogens with zero attached hydrogens (tertiary/aromatic N) is 3. The maximum Gasteiger partial charge on any atom is 0.231 e. The fraction of sp³-hybridized carbons (Fsp3) is 0.526. The maximum absolute atomic E-state index is 5.50. The molecule has 0 bridgehead atoms. The Bertz CT molecular complexity index is 670. The van der Waals surface area contributed by atoms with Crippen LogP contribution in [0, 0.1) is 6.92 Å². The molecule has 0 saturated carbocycles. The summed E-state index contributed by atoms with van der Waals surface area (Å²) in [6.07, 6.45) is 3.16. The van der Waals surface area contributed by atoms with E-state index in [9.17, 15) is 0 Å². The average Bonchev–Trinajstić information content (AvgIpc) is 3.17. The topological polar surface area (TPSA) is 39.5 Å². The van der Waals surface area contributed by atoms with Crippen molar-refractivity contribution in [3.05, 3.63) is 41.5 Å². The first-order chi connectivity index (χ1) is 11.7. The molecule has 130 valence electrons. The van der Waals surface area contributed by atoms with Crippen molar-refractivity contribution in [2.75, 3.05) is 19.9 Å². The monoisotopic (exact) mass is 329 g/mol. The van der Waals surface area contributed by atoms with Crippen molar-refractivity contribution in [2.24, 2.45) is 0 Å². The van der Waals surface area contributed by atoms with Gasteiger partial charge in [0.05, 0.1) is 5.69 Å². The Labute approximate surface area is 144 Å². The lowest BCUT2D eigenvalue weighted by atomic mass is 10.1. The first-order valence-corrected chi connectivity index (χ1v) is 8.87. The number of benzene rings is 1. The lowest BCUT2D eigenvalue weighted by Gasteiger charge is -2.27. The van der Waals surface area contributed by atoms with Gasteiger partial charge in [0, 0.05) is 38.3 Å². The largest absolute Gasteiger partial charge is 0.454 e.